The highest BCUT2D eigenvalue weighted by Crippen LogP contribution is 2.12. The first-order valence-electron chi connectivity index (χ1n) is 7.75. The van der Waals surface area contributed by atoms with Crippen molar-refractivity contribution in [3.8, 4) is 0 Å². The third kappa shape index (κ3) is 4.40. The lowest BCUT2D eigenvalue weighted by Gasteiger charge is -2.36. The molecule has 0 saturated carbocycles. The number of carbonyl (C=O) groups excluding carboxylic acids is 2. The van der Waals surface area contributed by atoms with E-state index in [-0.39, 0.29) is 11.9 Å². The Labute approximate surface area is 139 Å². The second kappa shape index (κ2) is 7.71. The fourth-order valence-corrected chi connectivity index (χ4v) is 3.18. The van der Waals surface area contributed by atoms with E-state index in [1.54, 1.807) is 11.1 Å². The highest BCUT2D eigenvalue weighted by atomic mass is 32.1. The van der Waals surface area contributed by atoms with E-state index in [4.69, 9.17) is 4.74 Å². The molecule has 126 valence electrons. The van der Waals surface area contributed by atoms with Crippen LogP contribution in [0.25, 0.3) is 0 Å². The summed E-state index contributed by atoms with van der Waals surface area (Å²) < 4.78 is 5.29. The Morgan fingerprint density at radius 1 is 1.13 bits per heavy atom. The summed E-state index contributed by atoms with van der Waals surface area (Å²) in [6.07, 6.45) is 1.66. The third-order valence-corrected chi connectivity index (χ3v) is 4.72. The molecule has 3 amide bonds. The third-order valence-electron chi connectivity index (χ3n) is 4.03. The molecule has 0 spiro atoms. The molecule has 0 radical (unpaired) electrons. The van der Waals surface area contributed by atoms with Crippen molar-refractivity contribution in [3.05, 3.63) is 11.6 Å². The number of thiazole rings is 1. The van der Waals surface area contributed by atoms with Crippen molar-refractivity contribution in [2.24, 2.45) is 0 Å². The highest BCUT2D eigenvalue weighted by Gasteiger charge is 2.25. The summed E-state index contributed by atoms with van der Waals surface area (Å²) in [6.45, 7) is 5.69. The van der Waals surface area contributed by atoms with Gasteiger partial charge in [-0.1, -0.05) is 0 Å². The number of nitrogens with zero attached hydrogens (tertiary/aromatic N) is 4. The molecule has 0 bridgehead atoms. The predicted octanol–water partition coefficient (Wildman–Crippen LogP) is 0.151. The number of hydrogen-bond acceptors (Lipinski definition) is 6. The summed E-state index contributed by atoms with van der Waals surface area (Å²) in [4.78, 5) is 34.1. The first kappa shape index (κ1) is 16.2. The van der Waals surface area contributed by atoms with Gasteiger partial charge in [0.15, 0.2) is 5.13 Å². The molecule has 0 aliphatic carbocycles. The van der Waals surface area contributed by atoms with Crippen molar-refractivity contribution in [2.75, 3.05) is 64.3 Å². The Bertz CT molecular complexity index is 525. The summed E-state index contributed by atoms with van der Waals surface area (Å²) >= 11 is 1.39. The number of morpholine rings is 1. The van der Waals surface area contributed by atoms with Crippen LogP contribution in [0.2, 0.25) is 0 Å². The molecule has 0 aromatic carbocycles. The average molecular weight is 339 g/mol. The molecule has 8 nitrogen and oxygen atoms in total. The number of piperazine rings is 1. The number of anilines is 1. The Morgan fingerprint density at radius 3 is 2.48 bits per heavy atom. The van der Waals surface area contributed by atoms with Crippen molar-refractivity contribution < 1.29 is 14.3 Å². The monoisotopic (exact) mass is 339 g/mol. The molecule has 23 heavy (non-hydrogen) atoms. The van der Waals surface area contributed by atoms with E-state index in [1.165, 1.54) is 11.3 Å². The van der Waals surface area contributed by atoms with E-state index < -0.39 is 0 Å². The van der Waals surface area contributed by atoms with Crippen LogP contribution >= 0.6 is 11.3 Å². The maximum absolute atomic E-state index is 12.3. The lowest BCUT2D eigenvalue weighted by molar-refractivity contribution is -0.134. The standard InChI is InChI=1S/C14H21N5O3S/c20-12(11-17-6-8-22-9-7-17)18-2-4-19(5-3-18)14(21)16-13-15-1-10-23-13/h1,10H,2-9,11H2,(H,15,16,21). The smallest absolute Gasteiger partial charge is 0.323 e. The van der Waals surface area contributed by atoms with Gasteiger partial charge in [-0.3, -0.25) is 15.0 Å². The largest absolute Gasteiger partial charge is 0.379 e. The van der Waals surface area contributed by atoms with Gasteiger partial charge in [0.25, 0.3) is 0 Å². The van der Waals surface area contributed by atoms with E-state index in [0.29, 0.717) is 51.1 Å². The van der Waals surface area contributed by atoms with Crippen LogP contribution in [0.1, 0.15) is 0 Å². The Balaban J connectivity index is 1.42. The number of ether oxygens (including phenoxy) is 1. The van der Waals surface area contributed by atoms with Crippen LogP contribution in [-0.4, -0.2) is 90.6 Å². The lowest BCUT2D eigenvalue weighted by Crippen LogP contribution is -2.54. The number of nitrogens with one attached hydrogen (secondary N) is 1. The Morgan fingerprint density at radius 2 is 1.83 bits per heavy atom. The van der Waals surface area contributed by atoms with Crippen LogP contribution in [0, 0.1) is 0 Å². The number of urea groups is 1. The quantitative estimate of drug-likeness (QED) is 0.848. The molecule has 9 heteroatoms. The fourth-order valence-electron chi connectivity index (χ4n) is 2.67. The molecule has 0 atom stereocenters. The summed E-state index contributed by atoms with van der Waals surface area (Å²) in [5.41, 5.74) is 0. The SMILES string of the molecule is O=C(CN1CCOCC1)N1CCN(C(=O)Nc2nccs2)CC1. The molecule has 2 aliphatic rings. The summed E-state index contributed by atoms with van der Waals surface area (Å²) in [5, 5.41) is 5.19. The normalized spacial score (nSPS) is 19.7. The molecule has 3 heterocycles. The first-order chi connectivity index (χ1) is 11.2. The molecule has 0 unspecified atom stereocenters. The molecule has 2 aliphatic heterocycles. The van der Waals surface area contributed by atoms with Crippen LogP contribution in [0.4, 0.5) is 9.93 Å². The van der Waals surface area contributed by atoms with Gasteiger partial charge >= 0.3 is 6.03 Å². The van der Waals surface area contributed by atoms with Gasteiger partial charge in [0, 0.05) is 50.8 Å². The van der Waals surface area contributed by atoms with Crippen molar-refractivity contribution in [1.82, 2.24) is 19.7 Å². The summed E-state index contributed by atoms with van der Waals surface area (Å²) in [5.74, 6) is 0.131. The van der Waals surface area contributed by atoms with Crippen molar-refractivity contribution in [2.45, 2.75) is 0 Å². The van der Waals surface area contributed by atoms with E-state index in [0.717, 1.165) is 13.1 Å². The molecule has 1 N–H and O–H groups in total. The molecule has 1 aromatic rings. The van der Waals surface area contributed by atoms with Gasteiger partial charge in [0.2, 0.25) is 5.91 Å². The minimum atomic E-state index is -0.153. The van der Waals surface area contributed by atoms with Gasteiger partial charge in [0.1, 0.15) is 0 Å². The van der Waals surface area contributed by atoms with Crippen molar-refractivity contribution in [3.63, 3.8) is 0 Å². The first-order valence-corrected chi connectivity index (χ1v) is 8.63. The molecule has 2 saturated heterocycles. The average Bonchev–Trinajstić information content (AvgIpc) is 3.09. The van der Waals surface area contributed by atoms with E-state index in [9.17, 15) is 9.59 Å². The minimum Gasteiger partial charge on any atom is -0.379 e. The Hall–Kier alpha value is -1.71. The van der Waals surface area contributed by atoms with Gasteiger partial charge in [-0.25, -0.2) is 9.78 Å². The zero-order chi connectivity index (χ0) is 16.1. The van der Waals surface area contributed by atoms with Crippen LogP contribution in [-0.2, 0) is 9.53 Å². The van der Waals surface area contributed by atoms with Crippen LogP contribution in [0.15, 0.2) is 11.6 Å². The number of carbonyl (C=O) groups is 2. The Kier molecular flexibility index (Phi) is 5.42. The minimum absolute atomic E-state index is 0.131. The van der Waals surface area contributed by atoms with Gasteiger partial charge < -0.3 is 14.5 Å². The molecular weight excluding hydrogens is 318 g/mol. The maximum Gasteiger partial charge on any atom is 0.323 e. The number of hydrogen-bond donors (Lipinski definition) is 1. The van der Waals surface area contributed by atoms with E-state index >= 15 is 0 Å². The van der Waals surface area contributed by atoms with Crippen molar-refractivity contribution in [1.29, 1.82) is 0 Å². The molecule has 3 rings (SSSR count). The fraction of sp³-hybridized carbons (Fsp3) is 0.643. The predicted molar refractivity (Wildman–Crippen MR) is 86.5 cm³/mol. The molecule has 2 fully saturated rings. The summed E-state index contributed by atoms with van der Waals surface area (Å²) in [6, 6.07) is -0.153. The van der Waals surface area contributed by atoms with Gasteiger partial charge in [-0.05, 0) is 0 Å². The van der Waals surface area contributed by atoms with Gasteiger partial charge in [0.05, 0.1) is 19.8 Å². The highest BCUT2D eigenvalue weighted by molar-refractivity contribution is 7.13. The summed E-state index contributed by atoms with van der Waals surface area (Å²) in [7, 11) is 0. The van der Waals surface area contributed by atoms with Gasteiger partial charge in [-0.2, -0.15) is 0 Å². The van der Waals surface area contributed by atoms with E-state index in [1.807, 2.05) is 10.3 Å². The number of rotatable bonds is 3. The van der Waals surface area contributed by atoms with Gasteiger partial charge in [-0.15, -0.1) is 11.3 Å². The second-order valence-electron chi connectivity index (χ2n) is 5.52. The van der Waals surface area contributed by atoms with E-state index in [2.05, 4.69) is 15.2 Å². The lowest BCUT2D eigenvalue weighted by atomic mass is 10.3. The zero-order valence-electron chi connectivity index (χ0n) is 12.9. The zero-order valence-corrected chi connectivity index (χ0v) is 13.8. The van der Waals surface area contributed by atoms with Crippen LogP contribution < -0.4 is 5.32 Å². The van der Waals surface area contributed by atoms with Crippen molar-refractivity contribution >= 4 is 28.4 Å². The molecule has 1 aromatic heterocycles. The topological polar surface area (TPSA) is 78.0 Å². The number of aromatic nitrogens is 1. The van der Waals surface area contributed by atoms with Crippen LogP contribution in [0.5, 0.6) is 0 Å². The second-order valence-corrected chi connectivity index (χ2v) is 6.42. The van der Waals surface area contributed by atoms with Crippen LogP contribution in [0.3, 0.4) is 0 Å². The molecular formula is C14H21N5O3S. The maximum atomic E-state index is 12.3. The number of amides is 3.